The SMILES string of the molecule is CCc1c(Cl)ncnc1NC(C)COC. The van der Waals surface area contributed by atoms with Gasteiger partial charge in [-0.1, -0.05) is 18.5 Å². The van der Waals surface area contributed by atoms with E-state index in [4.69, 9.17) is 16.3 Å². The Hall–Kier alpha value is -0.870. The van der Waals surface area contributed by atoms with E-state index >= 15 is 0 Å². The minimum absolute atomic E-state index is 0.200. The Morgan fingerprint density at radius 3 is 2.87 bits per heavy atom. The largest absolute Gasteiger partial charge is 0.383 e. The molecule has 0 aliphatic rings. The van der Waals surface area contributed by atoms with E-state index in [2.05, 4.69) is 15.3 Å². The molecule has 0 spiro atoms. The van der Waals surface area contributed by atoms with Gasteiger partial charge in [-0.05, 0) is 13.3 Å². The van der Waals surface area contributed by atoms with Crippen LogP contribution < -0.4 is 5.32 Å². The molecule has 1 N–H and O–H groups in total. The lowest BCUT2D eigenvalue weighted by atomic mass is 10.2. The third-order valence-electron chi connectivity index (χ3n) is 2.05. The molecule has 0 saturated heterocycles. The number of nitrogens with zero attached hydrogens (tertiary/aromatic N) is 2. The zero-order valence-corrected chi connectivity index (χ0v) is 10.0. The number of anilines is 1. The lowest BCUT2D eigenvalue weighted by molar-refractivity contribution is 0.190. The monoisotopic (exact) mass is 229 g/mol. The van der Waals surface area contributed by atoms with Crippen LogP contribution >= 0.6 is 11.6 Å². The van der Waals surface area contributed by atoms with E-state index in [-0.39, 0.29) is 6.04 Å². The van der Waals surface area contributed by atoms with Gasteiger partial charge in [-0.25, -0.2) is 9.97 Å². The lowest BCUT2D eigenvalue weighted by Crippen LogP contribution is -2.22. The summed E-state index contributed by atoms with van der Waals surface area (Å²) >= 11 is 5.97. The second-order valence-corrected chi connectivity index (χ2v) is 3.70. The zero-order valence-electron chi connectivity index (χ0n) is 9.25. The summed E-state index contributed by atoms with van der Waals surface area (Å²) in [6, 6.07) is 0.200. The maximum atomic E-state index is 5.97. The maximum absolute atomic E-state index is 5.97. The number of aromatic nitrogens is 2. The van der Waals surface area contributed by atoms with E-state index in [0.29, 0.717) is 11.8 Å². The molecular formula is C10H16ClN3O. The highest BCUT2D eigenvalue weighted by Gasteiger charge is 2.10. The van der Waals surface area contributed by atoms with Crippen LogP contribution in [-0.2, 0) is 11.2 Å². The average Bonchev–Trinajstić information content (AvgIpc) is 2.18. The van der Waals surface area contributed by atoms with E-state index in [1.54, 1.807) is 7.11 Å². The van der Waals surface area contributed by atoms with Crippen molar-refractivity contribution in [3.05, 3.63) is 17.0 Å². The molecule has 0 bridgehead atoms. The molecule has 1 aromatic rings. The summed E-state index contributed by atoms with van der Waals surface area (Å²) < 4.78 is 5.04. The molecule has 0 aromatic carbocycles. The van der Waals surface area contributed by atoms with E-state index in [9.17, 15) is 0 Å². The van der Waals surface area contributed by atoms with Crippen LogP contribution in [0.15, 0.2) is 6.33 Å². The molecule has 1 atom stereocenters. The standard InChI is InChI=1S/C10H16ClN3O/c1-4-8-9(11)12-6-13-10(8)14-7(2)5-15-3/h6-7H,4-5H2,1-3H3,(H,12,13,14). The fourth-order valence-electron chi connectivity index (χ4n) is 1.35. The summed E-state index contributed by atoms with van der Waals surface area (Å²) in [7, 11) is 1.67. The third kappa shape index (κ3) is 3.32. The van der Waals surface area contributed by atoms with Gasteiger partial charge in [-0.2, -0.15) is 0 Å². The summed E-state index contributed by atoms with van der Waals surface area (Å²) in [5, 5.41) is 3.76. The predicted octanol–water partition coefficient (Wildman–Crippen LogP) is 2.14. The first-order chi connectivity index (χ1) is 7.19. The number of nitrogens with one attached hydrogen (secondary N) is 1. The van der Waals surface area contributed by atoms with Gasteiger partial charge >= 0.3 is 0 Å². The molecule has 0 saturated carbocycles. The Bertz CT molecular complexity index is 320. The van der Waals surface area contributed by atoms with Gasteiger partial charge < -0.3 is 10.1 Å². The van der Waals surface area contributed by atoms with Crippen molar-refractivity contribution in [2.45, 2.75) is 26.3 Å². The van der Waals surface area contributed by atoms with Crippen molar-refractivity contribution in [3.63, 3.8) is 0 Å². The van der Waals surface area contributed by atoms with Crippen molar-refractivity contribution < 1.29 is 4.74 Å². The van der Waals surface area contributed by atoms with Crippen molar-refractivity contribution in [1.29, 1.82) is 0 Å². The number of hydrogen-bond acceptors (Lipinski definition) is 4. The van der Waals surface area contributed by atoms with Crippen molar-refractivity contribution in [1.82, 2.24) is 9.97 Å². The number of ether oxygens (including phenoxy) is 1. The molecule has 15 heavy (non-hydrogen) atoms. The molecule has 0 amide bonds. The summed E-state index contributed by atoms with van der Waals surface area (Å²) in [6.45, 7) is 4.68. The first kappa shape index (κ1) is 12.2. The van der Waals surface area contributed by atoms with Crippen molar-refractivity contribution in [2.24, 2.45) is 0 Å². The zero-order chi connectivity index (χ0) is 11.3. The molecule has 0 radical (unpaired) electrons. The van der Waals surface area contributed by atoms with Crippen molar-refractivity contribution >= 4 is 17.4 Å². The Balaban J connectivity index is 2.80. The van der Waals surface area contributed by atoms with Crippen LogP contribution in [0.5, 0.6) is 0 Å². The topological polar surface area (TPSA) is 47.0 Å². The highest BCUT2D eigenvalue weighted by Crippen LogP contribution is 2.20. The van der Waals surface area contributed by atoms with Crippen LogP contribution in [0.2, 0.25) is 5.15 Å². The maximum Gasteiger partial charge on any atom is 0.137 e. The number of hydrogen-bond donors (Lipinski definition) is 1. The average molecular weight is 230 g/mol. The quantitative estimate of drug-likeness (QED) is 0.786. The van der Waals surface area contributed by atoms with Gasteiger partial charge in [0.1, 0.15) is 17.3 Å². The summed E-state index contributed by atoms with van der Waals surface area (Å²) in [5.41, 5.74) is 0.946. The van der Waals surface area contributed by atoms with Crippen LogP contribution in [0, 0.1) is 0 Å². The number of halogens is 1. The fourth-order valence-corrected chi connectivity index (χ4v) is 1.62. The third-order valence-corrected chi connectivity index (χ3v) is 2.37. The minimum atomic E-state index is 0.200. The Morgan fingerprint density at radius 1 is 1.53 bits per heavy atom. The van der Waals surface area contributed by atoms with Crippen molar-refractivity contribution in [3.8, 4) is 0 Å². The van der Waals surface area contributed by atoms with Crippen LogP contribution in [0.1, 0.15) is 19.4 Å². The van der Waals surface area contributed by atoms with Gasteiger partial charge in [-0.3, -0.25) is 0 Å². The first-order valence-corrected chi connectivity index (χ1v) is 5.31. The molecule has 5 heteroatoms. The predicted molar refractivity (Wildman–Crippen MR) is 61.4 cm³/mol. The minimum Gasteiger partial charge on any atom is -0.383 e. The first-order valence-electron chi connectivity index (χ1n) is 4.93. The molecule has 4 nitrogen and oxygen atoms in total. The van der Waals surface area contributed by atoms with Gasteiger partial charge in [-0.15, -0.1) is 0 Å². The smallest absolute Gasteiger partial charge is 0.137 e. The Morgan fingerprint density at radius 2 is 2.27 bits per heavy atom. The van der Waals surface area contributed by atoms with Crippen LogP contribution in [-0.4, -0.2) is 29.7 Å². The van der Waals surface area contributed by atoms with Crippen LogP contribution in [0.3, 0.4) is 0 Å². The summed E-state index contributed by atoms with van der Waals surface area (Å²) in [4.78, 5) is 8.12. The van der Waals surface area contributed by atoms with E-state index in [0.717, 1.165) is 17.8 Å². The molecule has 1 aromatic heterocycles. The highest BCUT2D eigenvalue weighted by atomic mass is 35.5. The molecule has 84 valence electrons. The summed E-state index contributed by atoms with van der Waals surface area (Å²) in [6.07, 6.45) is 2.27. The lowest BCUT2D eigenvalue weighted by Gasteiger charge is -2.15. The fraction of sp³-hybridized carbons (Fsp3) is 0.600. The molecule has 1 heterocycles. The van der Waals surface area contributed by atoms with Gasteiger partial charge in [0, 0.05) is 18.7 Å². The number of rotatable bonds is 5. The summed E-state index contributed by atoms with van der Waals surface area (Å²) in [5.74, 6) is 0.794. The molecule has 1 unspecified atom stereocenters. The second-order valence-electron chi connectivity index (χ2n) is 3.35. The molecular weight excluding hydrogens is 214 g/mol. The van der Waals surface area contributed by atoms with Gasteiger partial charge in [0.2, 0.25) is 0 Å². The molecule has 0 aliphatic carbocycles. The van der Waals surface area contributed by atoms with Crippen LogP contribution in [0.25, 0.3) is 0 Å². The van der Waals surface area contributed by atoms with Gasteiger partial charge in [0.05, 0.1) is 6.61 Å². The Labute approximate surface area is 95.0 Å². The second kappa shape index (κ2) is 5.88. The molecule has 0 fully saturated rings. The van der Waals surface area contributed by atoms with Crippen LogP contribution in [0.4, 0.5) is 5.82 Å². The molecule has 0 aliphatic heterocycles. The highest BCUT2D eigenvalue weighted by molar-refractivity contribution is 6.30. The van der Waals surface area contributed by atoms with E-state index in [1.165, 1.54) is 6.33 Å². The molecule has 1 rings (SSSR count). The van der Waals surface area contributed by atoms with E-state index in [1.807, 2.05) is 13.8 Å². The normalized spacial score (nSPS) is 12.5. The number of methoxy groups -OCH3 is 1. The van der Waals surface area contributed by atoms with Gasteiger partial charge in [0.15, 0.2) is 0 Å². The van der Waals surface area contributed by atoms with E-state index < -0.39 is 0 Å². The van der Waals surface area contributed by atoms with Gasteiger partial charge in [0.25, 0.3) is 0 Å². The van der Waals surface area contributed by atoms with Crippen molar-refractivity contribution in [2.75, 3.05) is 19.0 Å². The Kier molecular flexibility index (Phi) is 4.78.